The molecule has 3 amide bonds. The van der Waals surface area contributed by atoms with Crippen molar-refractivity contribution < 1.29 is 23.9 Å². The van der Waals surface area contributed by atoms with Gasteiger partial charge < -0.3 is 30.1 Å². The Kier molecular flexibility index (Phi) is 13.1. The van der Waals surface area contributed by atoms with E-state index in [9.17, 15) is 28.7 Å². The Bertz CT molecular complexity index is 2980. The lowest BCUT2D eigenvalue weighted by Crippen LogP contribution is -2.59. The van der Waals surface area contributed by atoms with Crippen LogP contribution < -0.4 is 16.2 Å². The summed E-state index contributed by atoms with van der Waals surface area (Å²) in [6.07, 6.45) is 7.32. The van der Waals surface area contributed by atoms with E-state index in [1.54, 1.807) is 32.1 Å². The van der Waals surface area contributed by atoms with Crippen LogP contribution in [0.25, 0.3) is 38.2 Å². The standard InChI is InChI=1S/C53H62BrFN8O5S/c1-31-45(69-30-56-31)34-16-14-33(15-17-34)39(57-47(65)43-28-37(64)29-61(43)49(67)46(52(2,3)4)58-50(68)53(55)22-23-53)12-8-24-60-25-20-32(21-26-60)35-18-19-40-42(27-35)62(36-9-5-6-10-36)51-59-48(66)44-38(54)11-7-13-41(44)63(40)51/h7,11,13-19,27,30,32,36-37,39,43,46,64H,5-6,8-10,12,20-26,28-29H2,1-4H3,(H,57,65)(H,58,68)/t37-,39-,43+,46-/m1/s1. The molecule has 0 unspecified atom stereocenters. The normalized spacial score (nSPS) is 21.1. The zero-order valence-electron chi connectivity index (χ0n) is 39.8. The number of β-amino-alcohol motifs (C(OH)–C–C–N with tert-alkyl or cyclic N) is 1. The summed E-state index contributed by atoms with van der Waals surface area (Å²) in [5, 5.41) is 17.4. The van der Waals surface area contributed by atoms with Gasteiger partial charge in [0.05, 0.1) is 50.2 Å². The number of hydrogen-bond donors (Lipinski definition) is 3. The molecule has 4 aliphatic rings. The van der Waals surface area contributed by atoms with Gasteiger partial charge in [-0.25, -0.2) is 9.37 Å². The number of nitrogens with zero attached hydrogens (tertiary/aromatic N) is 6. The average molecular weight is 1020 g/mol. The minimum absolute atomic E-state index is 0.0577. The number of amides is 3. The van der Waals surface area contributed by atoms with Crippen molar-refractivity contribution in [2.75, 3.05) is 26.2 Å². The van der Waals surface area contributed by atoms with Crippen molar-refractivity contribution in [1.82, 2.24) is 39.4 Å². The van der Waals surface area contributed by atoms with Crippen LogP contribution in [0.5, 0.6) is 0 Å². The van der Waals surface area contributed by atoms with Crippen LogP contribution in [-0.2, 0) is 14.4 Å². The molecule has 4 fully saturated rings. The molecule has 2 saturated carbocycles. The minimum Gasteiger partial charge on any atom is -0.391 e. The van der Waals surface area contributed by atoms with Crippen LogP contribution >= 0.6 is 27.3 Å². The molecule has 364 valence electrons. The molecule has 2 aliphatic carbocycles. The number of hydrogen-bond acceptors (Lipinski definition) is 9. The molecule has 6 aromatic rings. The van der Waals surface area contributed by atoms with Crippen LogP contribution in [0, 0.1) is 12.3 Å². The van der Waals surface area contributed by atoms with Crippen LogP contribution in [0.2, 0.25) is 0 Å². The van der Waals surface area contributed by atoms with Crippen molar-refractivity contribution in [3.8, 4) is 10.4 Å². The molecule has 16 heteroatoms. The van der Waals surface area contributed by atoms with Gasteiger partial charge in [-0.3, -0.25) is 23.6 Å². The monoisotopic (exact) mass is 1020 g/mol. The van der Waals surface area contributed by atoms with Crippen LogP contribution in [0.4, 0.5) is 4.39 Å². The molecule has 2 saturated heterocycles. The third-order valence-corrected chi connectivity index (χ3v) is 16.9. The van der Waals surface area contributed by atoms with Gasteiger partial charge in [0, 0.05) is 23.5 Å². The topological polar surface area (TPSA) is 154 Å². The Morgan fingerprint density at radius 3 is 2.39 bits per heavy atom. The summed E-state index contributed by atoms with van der Waals surface area (Å²) in [4.78, 5) is 69.1. The largest absolute Gasteiger partial charge is 0.391 e. The zero-order valence-corrected chi connectivity index (χ0v) is 42.3. The van der Waals surface area contributed by atoms with Gasteiger partial charge in [0.2, 0.25) is 17.6 Å². The molecule has 0 spiro atoms. The number of halogens is 2. The Balaban J connectivity index is 0.839. The summed E-state index contributed by atoms with van der Waals surface area (Å²) in [7, 11) is 0. The van der Waals surface area contributed by atoms with Gasteiger partial charge in [-0.05, 0) is 146 Å². The van der Waals surface area contributed by atoms with Gasteiger partial charge in [-0.1, -0.05) is 70.0 Å². The molecule has 13 nitrogen and oxygen atoms in total. The van der Waals surface area contributed by atoms with Crippen molar-refractivity contribution in [1.29, 1.82) is 0 Å². The van der Waals surface area contributed by atoms with Gasteiger partial charge in [0.1, 0.15) is 12.1 Å². The highest BCUT2D eigenvalue weighted by Gasteiger charge is 2.53. The zero-order chi connectivity index (χ0) is 48.4. The fourth-order valence-electron chi connectivity index (χ4n) is 11.2. The number of piperidine rings is 1. The molecule has 5 heterocycles. The molecule has 0 bridgehead atoms. The van der Waals surface area contributed by atoms with Gasteiger partial charge in [0.15, 0.2) is 5.67 Å². The number of aryl methyl sites for hydroxylation is 1. The van der Waals surface area contributed by atoms with E-state index in [1.807, 2.05) is 42.8 Å². The first-order chi connectivity index (χ1) is 33.1. The second kappa shape index (κ2) is 18.9. The molecule has 0 radical (unpaired) electrons. The molecule has 3 N–H and O–H groups in total. The lowest BCUT2D eigenvalue weighted by atomic mass is 9.85. The van der Waals surface area contributed by atoms with Crippen LogP contribution in [0.1, 0.15) is 126 Å². The van der Waals surface area contributed by atoms with Crippen molar-refractivity contribution in [2.45, 2.75) is 140 Å². The van der Waals surface area contributed by atoms with Crippen molar-refractivity contribution in [2.24, 2.45) is 5.41 Å². The number of alkyl halides is 1. The number of nitrogens with one attached hydrogen (secondary N) is 2. The molecular weight excluding hydrogens is 960 g/mol. The number of fused-ring (bicyclic) bond motifs is 5. The Morgan fingerprint density at radius 2 is 1.71 bits per heavy atom. The van der Waals surface area contributed by atoms with Crippen molar-refractivity contribution in [3.63, 3.8) is 0 Å². The molecule has 10 rings (SSSR count). The maximum absolute atomic E-state index is 14.8. The summed E-state index contributed by atoms with van der Waals surface area (Å²) in [6, 6.07) is 18.8. The minimum atomic E-state index is -1.97. The van der Waals surface area contributed by atoms with E-state index in [4.69, 9.17) is 4.98 Å². The number of rotatable bonds is 13. The SMILES string of the molecule is Cc1ncsc1-c1ccc([C@@H](CCCN2CCC(c3ccc4c(c3)n(C3CCCC3)c3nc(=O)c5c(Br)cccc5n43)CC2)NC(=O)[C@@H]2C[C@@H](O)CN2C(=O)[C@@H](NC(=O)C2(F)CC2)C(C)(C)C)cc1. The number of carbonyl (C=O) groups excluding carboxylic acids is 3. The second-order valence-electron chi connectivity index (χ2n) is 21.1. The van der Waals surface area contributed by atoms with E-state index < -0.39 is 41.1 Å². The quantitative estimate of drug-likeness (QED) is 0.104. The number of aliphatic hydroxyl groups is 1. The van der Waals surface area contributed by atoms with Crippen LogP contribution in [0.15, 0.2) is 75.4 Å². The number of aliphatic hydroxyl groups excluding tert-OH is 1. The third kappa shape index (κ3) is 9.38. The van der Waals surface area contributed by atoms with E-state index in [-0.39, 0.29) is 43.3 Å². The molecular formula is C53H62BrFN8O5S. The smallest absolute Gasteiger partial charge is 0.283 e. The van der Waals surface area contributed by atoms with Gasteiger partial charge >= 0.3 is 0 Å². The Hall–Kier alpha value is -5.03. The summed E-state index contributed by atoms with van der Waals surface area (Å²) in [6.45, 7) is 10.1. The van der Waals surface area contributed by atoms with E-state index in [1.165, 1.54) is 23.3 Å². The molecule has 3 aromatic carbocycles. The van der Waals surface area contributed by atoms with E-state index in [2.05, 4.69) is 75.7 Å². The van der Waals surface area contributed by atoms with E-state index >= 15 is 0 Å². The summed E-state index contributed by atoms with van der Waals surface area (Å²) in [5.41, 5.74) is 6.19. The van der Waals surface area contributed by atoms with Crippen LogP contribution in [-0.4, -0.2) is 102 Å². The first kappa shape index (κ1) is 47.6. The number of likely N-dealkylation sites (tertiary alicyclic amines) is 2. The number of aromatic nitrogens is 4. The van der Waals surface area contributed by atoms with Crippen molar-refractivity contribution in [3.05, 3.63) is 97.8 Å². The van der Waals surface area contributed by atoms with Gasteiger partial charge in [-0.15, -0.1) is 11.3 Å². The highest BCUT2D eigenvalue weighted by Crippen LogP contribution is 2.41. The van der Waals surface area contributed by atoms with Gasteiger partial charge in [-0.2, -0.15) is 4.98 Å². The number of carbonyl (C=O) groups is 3. The van der Waals surface area contributed by atoms with Gasteiger partial charge in [0.25, 0.3) is 11.5 Å². The van der Waals surface area contributed by atoms with E-state index in [0.717, 1.165) is 94.5 Å². The number of benzene rings is 3. The fourth-order valence-corrected chi connectivity index (χ4v) is 12.5. The summed E-state index contributed by atoms with van der Waals surface area (Å²) >= 11 is 5.20. The summed E-state index contributed by atoms with van der Waals surface area (Å²) < 4.78 is 20.1. The highest BCUT2D eigenvalue weighted by molar-refractivity contribution is 9.10. The van der Waals surface area contributed by atoms with E-state index in [0.29, 0.717) is 29.5 Å². The van der Waals surface area contributed by atoms with Crippen molar-refractivity contribution >= 4 is 72.7 Å². The second-order valence-corrected chi connectivity index (χ2v) is 22.8. The third-order valence-electron chi connectivity index (χ3n) is 15.3. The van der Waals surface area contributed by atoms with Crippen LogP contribution in [0.3, 0.4) is 0 Å². The molecule has 69 heavy (non-hydrogen) atoms. The maximum Gasteiger partial charge on any atom is 0.283 e. The summed E-state index contributed by atoms with van der Waals surface area (Å²) in [5.74, 6) is -0.583. The first-order valence-electron chi connectivity index (χ1n) is 24.7. The predicted octanol–water partition coefficient (Wildman–Crippen LogP) is 8.92. The average Bonchev–Trinajstić information content (AvgIpc) is 3.78. The lowest BCUT2D eigenvalue weighted by Gasteiger charge is -2.36. The fraction of sp³-hybridized carbons (Fsp3) is 0.509. The Morgan fingerprint density at radius 1 is 0.971 bits per heavy atom. The Labute approximate surface area is 414 Å². The number of imidazole rings is 1. The molecule has 3 aromatic heterocycles. The predicted molar refractivity (Wildman–Crippen MR) is 271 cm³/mol. The molecule has 4 atom stereocenters. The number of thiazole rings is 1. The first-order valence-corrected chi connectivity index (χ1v) is 26.4. The highest BCUT2D eigenvalue weighted by atomic mass is 79.9. The molecule has 2 aliphatic heterocycles. The lowest BCUT2D eigenvalue weighted by molar-refractivity contribution is -0.145. The maximum atomic E-state index is 14.8.